The Morgan fingerprint density at radius 3 is 2.33 bits per heavy atom. The van der Waals surface area contributed by atoms with Gasteiger partial charge in [0.1, 0.15) is 5.82 Å². The van der Waals surface area contributed by atoms with Crippen LogP contribution in [0.3, 0.4) is 0 Å². The van der Waals surface area contributed by atoms with Crippen LogP contribution < -0.4 is 10.6 Å². The number of nitrogens with two attached hydrogens (primary N) is 1. The predicted octanol–water partition coefficient (Wildman–Crippen LogP) is 3.61. The fourth-order valence-electron chi connectivity index (χ4n) is 2.25. The van der Waals surface area contributed by atoms with Gasteiger partial charge in [-0.2, -0.15) is 0 Å². The SMILES string of the molecule is Cc1ccc(CN(C)c2cc(CN)cc(C(C)C)n2)cc1. The summed E-state index contributed by atoms with van der Waals surface area (Å²) < 4.78 is 0. The Morgan fingerprint density at radius 2 is 1.76 bits per heavy atom. The van der Waals surface area contributed by atoms with E-state index in [1.165, 1.54) is 11.1 Å². The van der Waals surface area contributed by atoms with Crippen LogP contribution in [0.25, 0.3) is 0 Å². The second-order valence-corrected chi connectivity index (χ2v) is 5.96. The summed E-state index contributed by atoms with van der Waals surface area (Å²) in [5, 5.41) is 0. The highest BCUT2D eigenvalue weighted by Gasteiger charge is 2.09. The molecule has 0 atom stereocenters. The van der Waals surface area contributed by atoms with Gasteiger partial charge < -0.3 is 10.6 Å². The minimum Gasteiger partial charge on any atom is -0.355 e. The number of nitrogens with zero attached hydrogens (tertiary/aromatic N) is 2. The maximum atomic E-state index is 5.81. The smallest absolute Gasteiger partial charge is 0.129 e. The number of benzene rings is 1. The second kappa shape index (κ2) is 6.72. The summed E-state index contributed by atoms with van der Waals surface area (Å²) in [4.78, 5) is 6.94. The molecule has 0 spiro atoms. The van der Waals surface area contributed by atoms with E-state index >= 15 is 0 Å². The normalized spacial score (nSPS) is 11.0. The number of pyridine rings is 1. The van der Waals surface area contributed by atoms with Crippen LogP contribution in [-0.4, -0.2) is 12.0 Å². The van der Waals surface area contributed by atoms with Crippen molar-refractivity contribution >= 4 is 5.82 Å². The first-order valence-electron chi connectivity index (χ1n) is 7.47. The summed E-state index contributed by atoms with van der Waals surface area (Å²) in [6, 6.07) is 12.8. The molecular weight excluding hydrogens is 258 g/mol. The van der Waals surface area contributed by atoms with Crippen molar-refractivity contribution in [2.24, 2.45) is 5.73 Å². The summed E-state index contributed by atoms with van der Waals surface area (Å²) >= 11 is 0. The van der Waals surface area contributed by atoms with Crippen LogP contribution >= 0.6 is 0 Å². The van der Waals surface area contributed by atoms with E-state index in [2.05, 4.69) is 69.1 Å². The number of hydrogen-bond acceptors (Lipinski definition) is 3. The van der Waals surface area contributed by atoms with Crippen LogP contribution in [0.1, 0.15) is 42.1 Å². The molecule has 1 aromatic heterocycles. The Morgan fingerprint density at radius 1 is 1.10 bits per heavy atom. The molecule has 1 heterocycles. The first-order chi connectivity index (χ1) is 9.99. The van der Waals surface area contributed by atoms with Gasteiger partial charge in [-0.15, -0.1) is 0 Å². The van der Waals surface area contributed by atoms with Crippen molar-refractivity contribution in [3.8, 4) is 0 Å². The lowest BCUT2D eigenvalue weighted by molar-refractivity contribution is 0.800. The van der Waals surface area contributed by atoms with Crippen molar-refractivity contribution in [3.05, 3.63) is 58.8 Å². The van der Waals surface area contributed by atoms with Gasteiger partial charge in [0.2, 0.25) is 0 Å². The molecule has 0 amide bonds. The zero-order valence-electron chi connectivity index (χ0n) is 13.4. The van der Waals surface area contributed by atoms with Crippen molar-refractivity contribution in [2.75, 3.05) is 11.9 Å². The lowest BCUT2D eigenvalue weighted by Gasteiger charge is -2.21. The van der Waals surface area contributed by atoms with Crippen LogP contribution in [-0.2, 0) is 13.1 Å². The largest absolute Gasteiger partial charge is 0.355 e. The molecule has 0 aliphatic heterocycles. The van der Waals surface area contributed by atoms with Gasteiger partial charge in [-0.3, -0.25) is 0 Å². The van der Waals surface area contributed by atoms with E-state index in [1.54, 1.807) is 0 Å². The van der Waals surface area contributed by atoms with Gasteiger partial charge in [0.25, 0.3) is 0 Å². The molecule has 0 aliphatic carbocycles. The second-order valence-electron chi connectivity index (χ2n) is 5.96. The number of hydrogen-bond donors (Lipinski definition) is 1. The zero-order chi connectivity index (χ0) is 15.4. The molecule has 0 fully saturated rings. The third-order valence-corrected chi connectivity index (χ3v) is 3.65. The Bertz CT molecular complexity index is 588. The van der Waals surface area contributed by atoms with Crippen LogP contribution in [0.2, 0.25) is 0 Å². The van der Waals surface area contributed by atoms with Crippen LogP contribution in [0, 0.1) is 6.92 Å². The van der Waals surface area contributed by atoms with E-state index < -0.39 is 0 Å². The fourth-order valence-corrected chi connectivity index (χ4v) is 2.25. The fraction of sp³-hybridized carbons (Fsp3) is 0.389. The third kappa shape index (κ3) is 4.05. The zero-order valence-corrected chi connectivity index (χ0v) is 13.4. The van der Waals surface area contributed by atoms with E-state index in [0.29, 0.717) is 12.5 Å². The first-order valence-corrected chi connectivity index (χ1v) is 7.47. The average molecular weight is 283 g/mol. The number of anilines is 1. The van der Waals surface area contributed by atoms with Gasteiger partial charge in [-0.25, -0.2) is 4.98 Å². The maximum absolute atomic E-state index is 5.81. The molecule has 0 bridgehead atoms. The molecule has 21 heavy (non-hydrogen) atoms. The molecule has 0 aliphatic rings. The summed E-state index contributed by atoms with van der Waals surface area (Å²) in [6.45, 7) is 7.82. The molecular formula is C18H25N3. The monoisotopic (exact) mass is 283 g/mol. The molecule has 2 aromatic rings. The summed E-state index contributed by atoms with van der Waals surface area (Å²) in [5.74, 6) is 1.39. The minimum absolute atomic E-state index is 0.406. The van der Waals surface area contributed by atoms with Gasteiger partial charge in [0, 0.05) is 25.8 Å². The van der Waals surface area contributed by atoms with E-state index in [9.17, 15) is 0 Å². The Kier molecular flexibility index (Phi) is 4.97. The van der Waals surface area contributed by atoms with E-state index in [-0.39, 0.29) is 0 Å². The highest BCUT2D eigenvalue weighted by atomic mass is 15.2. The quantitative estimate of drug-likeness (QED) is 0.911. The molecule has 2 N–H and O–H groups in total. The summed E-state index contributed by atoms with van der Waals surface area (Å²) in [6.07, 6.45) is 0. The van der Waals surface area contributed by atoms with Gasteiger partial charge in [-0.05, 0) is 36.1 Å². The van der Waals surface area contributed by atoms with Crippen molar-refractivity contribution in [3.63, 3.8) is 0 Å². The van der Waals surface area contributed by atoms with Gasteiger partial charge in [0.05, 0.1) is 0 Å². The molecule has 3 nitrogen and oxygen atoms in total. The van der Waals surface area contributed by atoms with Gasteiger partial charge >= 0.3 is 0 Å². The molecule has 3 heteroatoms. The third-order valence-electron chi connectivity index (χ3n) is 3.65. The molecule has 0 unspecified atom stereocenters. The molecule has 1 aromatic carbocycles. The lowest BCUT2D eigenvalue weighted by atomic mass is 10.1. The Balaban J connectivity index is 2.23. The van der Waals surface area contributed by atoms with Crippen LogP contribution in [0.4, 0.5) is 5.82 Å². The molecule has 0 saturated carbocycles. The maximum Gasteiger partial charge on any atom is 0.129 e. The average Bonchev–Trinajstić information content (AvgIpc) is 2.49. The first kappa shape index (κ1) is 15.5. The molecule has 0 saturated heterocycles. The van der Waals surface area contributed by atoms with Gasteiger partial charge in [0.15, 0.2) is 0 Å². The number of aromatic nitrogens is 1. The molecule has 2 rings (SSSR count). The Labute approximate surface area is 127 Å². The van der Waals surface area contributed by atoms with Crippen molar-refractivity contribution < 1.29 is 0 Å². The van der Waals surface area contributed by atoms with Crippen molar-refractivity contribution in [2.45, 2.75) is 39.8 Å². The van der Waals surface area contributed by atoms with E-state index in [1.807, 2.05) is 0 Å². The van der Waals surface area contributed by atoms with E-state index in [4.69, 9.17) is 10.7 Å². The van der Waals surface area contributed by atoms with Crippen molar-refractivity contribution in [1.29, 1.82) is 0 Å². The summed E-state index contributed by atoms with van der Waals surface area (Å²) in [7, 11) is 2.08. The summed E-state index contributed by atoms with van der Waals surface area (Å²) in [5.41, 5.74) is 10.6. The van der Waals surface area contributed by atoms with E-state index in [0.717, 1.165) is 23.6 Å². The van der Waals surface area contributed by atoms with Crippen LogP contribution in [0.5, 0.6) is 0 Å². The lowest BCUT2D eigenvalue weighted by Crippen LogP contribution is -2.19. The molecule has 0 radical (unpaired) electrons. The highest BCUT2D eigenvalue weighted by molar-refractivity contribution is 5.43. The number of aryl methyl sites for hydroxylation is 1. The topological polar surface area (TPSA) is 42.1 Å². The highest BCUT2D eigenvalue weighted by Crippen LogP contribution is 2.20. The minimum atomic E-state index is 0.406. The standard InChI is InChI=1S/C18H25N3/c1-13(2)17-9-16(11-19)10-18(20-17)21(4)12-15-7-5-14(3)6-8-15/h5-10,13H,11-12,19H2,1-4H3. The van der Waals surface area contributed by atoms with Gasteiger partial charge in [-0.1, -0.05) is 43.7 Å². The van der Waals surface area contributed by atoms with Crippen LogP contribution in [0.15, 0.2) is 36.4 Å². The van der Waals surface area contributed by atoms with Crippen molar-refractivity contribution in [1.82, 2.24) is 4.98 Å². The number of rotatable bonds is 5. The molecule has 112 valence electrons. The Hall–Kier alpha value is -1.87. The predicted molar refractivity (Wildman–Crippen MR) is 89.5 cm³/mol.